The van der Waals surface area contributed by atoms with Gasteiger partial charge >= 0.3 is 0 Å². The van der Waals surface area contributed by atoms with Crippen LogP contribution in [0.4, 0.5) is 0 Å². The van der Waals surface area contributed by atoms with Crippen LogP contribution in [0.15, 0.2) is 24.3 Å². The van der Waals surface area contributed by atoms with Crippen LogP contribution >= 0.6 is 0 Å². The number of fused-ring (bicyclic) bond motifs is 3. The first-order valence-corrected chi connectivity index (χ1v) is 8.93. The van der Waals surface area contributed by atoms with Gasteiger partial charge in [-0.3, -0.25) is 9.69 Å². The maximum Gasteiger partial charge on any atom is 0.233 e. The van der Waals surface area contributed by atoms with Crippen molar-refractivity contribution in [1.29, 1.82) is 0 Å². The van der Waals surface area contributed by atoms with Crippen molar-refractivity contribution in [2.45, 2.75) is 57.2 Å². The van der Waals surface area contributed by atoms with E-state index in [-0.39, 0.29) is 11.8 Å². The van der Waals surface area contributed by atoms with E-state index in [0.29, 0.717) is 24.7 Å². The summed E-state index contributed by atoms with van der Waals surface area (Å²) in [6, 6.07) is 9.73. The fraction of sp³-hybridized carbons (Fsp3) is 0.632. The van der Waals surface area contributed by atoms with E-state index in [9.17, 15) is 4.79 Å². The Hall–Kier alpha value is -1.55. The van der Waals surface area contributed by atoms with Crippen LogP contribution < -0.4 is 4.74 Å². The quantitative estimate of drug-likeness (QED) is 0.841. The Morgan fingerprint density at radius 2 is 1.96 bits per heavy atom. The Morgan fingerprint density at radius 1 is 1.17 bits per heavy atom. The molecule has 0 saturated carbocycles. The average Bonchev–Trinajstić information content (AvgIpc) is 3.07. The molecule has 1 amide bonds. The summed E-state index contributed by atoms with van der Waals surface area (Å²) in [6.45, 7) is 6.83. The predicted octanol–water partition coefficient (Wildman–Crippen LogP) is 2.64. The predicted molar refractivity (Wildman–Crippen MR) is 89.7 cm³/mol. The van der Waals surface area contributed by atoms with Gasteiger partial charge in [0.1, 0.15) is 18.3 Å². The number of hydrogen-bond acceptors (Lipinski definition) is 3. The molecule has 2 bridgehead atoms. The molecule has 0 spiro atoms. The Labute approximate surface area is 138 Å². The van der Waals surface area contributed by atoms with Gasteiger partial charge in [0.25, 0.3) is 0 Å². The number of carbonyl (C=O) groups is 1. The Kier molecular flexibility index (Phi) is 3.80. The van der Waals surface area contributed by atoms with Crippen LogP contribution in [0.3, 0.4) is 0 Å². The van der Waals surface area contributed by atoms with Gasteiger partial charge in [0.05, 0.1) is 0 Å². The molecule has 3 aliphatic rings. The van der Waals surface area contributed by atoms with Crippen molar-refractivity contribution in [3.8, 4) is 5.75 Å². The SMILES string of the molecule is CC(C)N1[C@H]2CC[C@@H]1CN(C(=O)[C@@H]1COc3ccccc31)CC2. The minimum Gasteiger partial charge on any atom is -0.492 e. The zero-order valence-electron chi connectivity index (χ0n) is 14.1. The van der Waals surface area contributed by atoms with Crippen LogP contribution in [0, 0.1) is 0 Å². The average molecular weight is 314 g/mol. The number of hydrogen-bond donors (Lipinski definition) is 0. The molecule has 2 fully saturated rings. The second-order valence-corrected chi connectivity index (χ2v) is 7.40. The highest BCUT2D eigenvalue weighted by Gasteiger charge is 2.41. The molecular weight excluding hydrogens is 288 g/mol. The molecule has 0 radical (unpaired) electrons. The molecule has 0 unspecified atom stereocenters. The smallest absolute Gasteiger partial charge is 0.233 e. The molecule has 0 N–H and O–H groups in total. The van der Waals surface area contributed by atoms with Gasteiger partial charge in [-0.25, -0.2) is 0 Å². The minimum atomic E-state index is -0.115. The highest BCUT2D eigenvalue weighted by atomic mass is 16.5. The van der Waals surface area contributed by atoms with E-state index in [1.165, 1.54) is 12.8 Å². The van der Waals surface area contributed by atoms with Crippen LogP contribution in [-0.4, -0.2) is 53.5 Å². The van der Waals surface area contributed by atoms with Gasteiger partial charge in [-0.05, 0) is 39.2 Å². The summed E-state index contributed by atoms with van der Waals surface area (Å²) in [4.78, 5) is 17.8. The third-order valence-electron chi connectivity index (χ3n) is 5.75. The van der Waals surface area contributed by atoms with Crippen molar-refractivity contribution in [2.24, 2.45) is 0 Å². The molecule has 124 valence electrons. The van der Waals surface area contributed by atoms with Crippen molar-refractivity contribution >= 4 is 5.91 Å². The lowest BCUT2D eigenvalue weighted by atomic mass is 9.99. The summed E-state index contributed by atoms with van der Waals surface area (Å²) in [5.74, 6) is 1.02. The van der Waals surface area contributed by atoms with Gasteiger partial charge in [-0.2, -0.15) is 0 Å². The summed E-state index contributed by atoms with van der Waals surface area (Å²) in [5, 5.41) is 0. The summed E-state index contributed by atoms with van der Waals surface area (Å²) in [7, 11) is 0. The number of carbonyl (C=O) groups excluding carboxylic acids is 1. The van der Waals surface area contributed by atoms with Gasteiger partial charge in [0.15, 0.2) is 0 Å². The van der Waals surface area contributed by atoms with E-state index in [4.69, 9.17) is 4.74 Å². The molecule has 3 atom stereocenters. The van der Waals surface area contributed by atoms with E-state index in [1.807, 2.05) is 24.3 Å². The monoisotopic (exact) mass is 314 g/mol. The number of likely N-dealkylation sites (tertiary alicyclic amines) is 1. The van der Waals surface area contributed by atoms with Crippen LogP contribution in [0.5, 0.6) is 5.75 Å². The van der Waals surface area contributed by atoms with Gasteiger partial charge < -0.3 is 9.64 Å². The van der Waals surface area contributed by atoms with E-state index in [2.05, 4.69) is 23.6 Å². The molecule has 4 rings (SSSR count). The second kappa shape index (κ2) is 5.82. The van der Waals surface area contributed by atoms with E-state index in [0.717, 1.165) is 30.8 Å². The third-order valence-corrected chi connectivity index (χ3v) is 5.75. The molecule has 0 aromatic heterocycles. The number of para-hydroxylation sites is 1. The number of benzene rings is 1. The molecule has 1 aromatic rings. The molecule has 3 heterocycles. The highest BCUT2D eigenvalue weighted by molar-refractivity contribution is 5.85. The van der Waals surface area contributed by atoms with Crippen molar-refractivity contribution < 1.29 is 9.53 Å². The topological polar surface area (TPSA) is 32.8 Å². The summed E-state index contributed by atoms with van der Waals surface area (Å²) in [5.41, 5.74) is 1.06. The molecule has 0 aliphatic carbocycles. The van der Waals surface area contributed by atoms with E-state index in [1.54, 1.807) is 0 Å². The summed E-state index contributed by atoms with van der Waals surface area (Å²) in [6.07, 6.45) is 3.63. The number of rotatable bonds is 2. The summed E-state index contributed by atoms with van der Waals surface area (Å²) >= 11 is 0. The molecule has 23 heavy (non-hydrogen) atoms. The number of ether oxygens (including phenoxy) is 1. The standard InChI is InChI=1S/C19H26N2O2/c1-13(2)21-14-7-8-15(21)11-20(10-9-14)19(22)17-12-23-18-6-4-3-5-16(17)18/h3-6,13-15,17H,7-12H2,1-2H3/t14-,15+,17+/m0/s1. The van der Waals surface area contributed by atoms with E-state index >= 15 is 0 Å². The highest BCUT2D eigenvalue weighted by Crippen LogP contribution is 2.37. The van der Waals surface area contributed by atoms with Crippen LogP contribution in [-0.2, 0) is 4.79 Å². The largest absolute Gasteiger partial charge is 0.492 e. The Balaban J connectivity index is 1.52. The van der Waals surface area contributed by atoms with Gasteiger partial charge in [-0.15, -0.1) is 0 Å². The Bertz CT molecular complexity index is 601. The molecule has 4 heteroatoms. The van der Waals surface area contributed by atoms with E-state index < -0.39 is 0 Å². The molecule has 2 saturated heterocycles. The number of amides is 1. The van der Waals surface area contributed by atoms with Crippen molar-refractivity contribution in [3.63, 3.8) is 0 Å². The second-order valence-electron chi connectivity index (χ2n) is 7.40. The summed E-state index contributed by atoms with van der Waals surface area (Å²) < 4.78 is 5.72. The lowest BCUT2D eigenvalue weighted by Crippen LogP contribution is -2.45. The lowest BCUT2D eigenvalue weighted by molar-refractivity contribution is -0.133. The molecule has 1 aromatic carbocycles. The van der Waals surface area contributed by atoms with Crippen LogP contribution in [0.1, 0.15) is 44.6 Å². The lowest BCUT2D eigenvalue weighted by Gasteiger charge is -2.32. The van der Waals surface area contributed by atoms with Gasteiger partial charge in [-0.1, -0.05) is 18.2 Å². The van der Waals surface area contributed by atoms with Gasteiger partial charge in [0, 0.05) is 36.8 Å². The van der Waals surface area contributed by atoms with Crippen LogP contribution in [0.25, 0.3) is 0 Å². The normalized spacial score (nSPS) is 30.2. The number of nitrogens with zero attached hydrogens (tertiary/aromatic N) is 2. The fourth-order valence-corrected chi connectivity index (χ4v) is 4.74. The molecule has 4 nitrogen and oxygen atoms in total. The minimum absolute atomic E-state index is 0.115. The fourth-order valence-electron chi connectivity index (χ4n) is 4.74. The Morgan fingerprint density at radius 3 is 2.78 bits per heavy atom. The van der Waals surface area contributed by atoms with Crippen LogP contribution in [0.2, 0.25) is 0 Å². The first kappa shape index (κ1) is 15.0. The first-order valence-electron chi connectivity index (χ1n) is 8.93. The zero-order chi connectivity index (χ0) is 16.0. The van der Waals surface area contributed by atoms with Crippen molar-refractivity contribution in [3.05, 3.63) is 29.8 Å². The van der Waals surface area contributed by atoms with Crippen molar-refractivity contribution in [1.82, 2.24) is 9.80 Å². The molecule has 3 aliphatic heterocycles. The maximum absolute atomic E-state index is 13.1. The molecular formula is C19H26N2O2. The zero-order valence-corrected chi connectivity index (χ0v) is 14.1. The maximum atomic E-state index is 13.1. The van der Waals surface area contributed by atoms with Crippen molar-refractivity contribution in [2.75, 3.05) is 19.7 Å². The third kappa shape index (κ3) is 2.53. The first-order chi connectivity index (χ1) is 11.1. The van der Waals surface area contributed by atoms with Gasteiger partial charge in [0.2, 0.25) is 5.91 Å².